The second-order valence-electron chi connectivity index (χ2n) is 12.7. The van der Waals surface area contributed by atoms with Crippen molar-refractivity contribution in [1.82, 2.24) is 14.3 Å². The van der Waals surface area contributed by atoms with Crippen molar-refractivity contribution in [3.63, 3.8) is 0 Å². The number of carbonyl (C=O) groups excluding carboxylic acids is 1. The zero-order chi connectivity index (χ0) is 32.4. The molecule has 2 aromatic carbocycles. The van der Waals surface area contributed by atoms with Gasteiger partial charge in [0.1, 0.15) is 12.2 Å². The van der Waals surface area contributed by atoms with E-state index in [1.165, 1.54) is 16.5 Å². The summed E-state index contributed by atoms with van der Waals surface area (Å²) in [6.07, 6.45) is 4.84. The third kappa shape index (κ3) is 4.77. The van der Waals surface area contributed by atoms with Crippen molar-refractivity contribution in [2.75, 3.05) is 43.9 Å². The summed E-state index contributed by atoms with van der Waals surface area (Å²) in [6.45, 7) is 2.64. The molecular formula is C37H33F2N5O3. The second kappa shape index (κ2) is 11.3. The molecule has 8 nitrogen and oxygen atoms in total. The van der Waals surface area contributed by atoms with Crippen molar-refractivity contribution in [2.45, 2.75) is 25.5 Å². The van der Waals surface area contributed by atoms with Gasteiger partial charge >= 0.3 is 5.97 Å². The standard InChI is InChI=1S/C37H33F2N5O3/c1-40-29-15-28(38)34(39)32-26(29)14-30-33(32)35(43-13-12-23-17-42(2)19-31(23)43)27(16-41-30)22-8-9-24-10-11-25(36(45)44(24)18-22)37(46)47-20-21-6-4-3-5-7-21/h3-11,15-16,18,23,31,40H,12-14,17,19-20H2,1-2H3/t23-,31+/m0/s1. The highest BCUT2D eigenvalue weighted by Crippen LogP contribution is 2.52. The van der Waals surface area contributed by atoms with Gasteiger partial charge in [-0.15, -0.1) is 0 Å². The van der Waals surface area contributed by atoms with E-state index in [0.29, 0.717) is 51.5 Å². The fraction of sp³-hybridized carbons (Fsp3) is 0.270. The number of pyridine rings is 3. The Balaban J connectivity index is 1.27. The van der Waals surface area contributed by atoms with Gasteiger partial charge in [0.25, 0.3) is 5.56 Å². The number of hydrogen-bond donors (Lipinski definition) is 1. The number of nitrogens with zero attached hydrogens (tertiary/aromatic N) is 4. The van der Waals surface area contributed by atoms with Gasteiger partial charge in [0, 0.05) is 91.1 Å². The predicted molar refractivity (Wildman–Crippen MR) is 177 cm³/mol. The Kier molecular flexibility index (Phi) is 7.05. The van der Waals surface area contributed by atoms with Gasteiger partial charge in [-0.05, 0) is 48.7 Å². The van der Waals surface area contributed by atoms with Crippen molar-refractivity contribution >= 4 is 22.9 Å². The third-order valence-corrected chi connectivity index (χ3v) is 9.93. The lowest BCUT2D eigenvalue weighted by Crippen LogP contribution is -2.35. The van der Waals surface area contributed by atoms with Gasteiger partial charge in [-0.25, -0.2) is 13.6 Å². The summed E-state index contributed by atoms with van der Waals surface area (Å²) in [5.74, 6) is -2.06. The molecule has 0 unspecified atom stereocenters. The Bertz CT molecular complexity index is 2130. The van der Waals surface area contributed by atoms with Crippen LogP contribution in [0.4, 0.5) is 20.2 Å². The van der Waals surface area contributed by atoms with E-state index in [1.807, 2.05) is 42.5 Å². The van der Waals surface area contributed by atoms with Crippen LogP contribution >= 0.6 is 0 Å². The maximum Gasteiger partial charge on any atom is 0.344 e. The van der Waals surface area contributed by atoms with Crippen molar-refractivity contribution in [2.24, 2.45) is 5.92 Å². The minimum atomic E-state index is -0.916. The Morgan fingerprint density at radius 3 is 2.68 bits per heavy atom. The summed E-state index contributed by atoms with van der Waals surface area (Å²) in [5, 5.41) is 3.04. The normalized spacial score (nSPS) is 18.3. The molecule has 47 heavy (non-hydrogen) atoms. The van der Waals surface area contributed by atoms with Gasteiger partial charge in [0.2, 0.25) is 0 Å². The average molecular weight is 634 g/mol. The van der Waals surface area contributed by atoms with E-state index < -0.39 is 23.2 Å². The smallest absolute Gasteiger partial charge is 0.344 e. The molecule has 3 aromatic heterocycles. The van der Waals surface area contributed by atoms with E-state index in [4.69, 9.17) is 9.72 Å². The topological polar surface area (TPSA) is 79.2 Å². The highest BCUT2D eigenvalue weighted by atomic mass is 19.2. The van der Waals surface area contributed by atoms with E-state index in [0.717, 1.165) is 37.3 Å². The Hall–Kier alpha value is -5.09. The van der Waals surface area contributed by atoms with Crippen LogP contribution < -0.4 is 15.8 Å². The quantitative estimate of drug-likeness (QED) is 0.234. The summed E-state index contributed by atoms with van der Waals surface area (Å²) in [4.78, 5) is 36.2. The molecule has 0 spiro atoms. The Morgan fingerprint density at radius 2 is 1.87 bits per heavy atom. The number of fused-ring (bicyclic) bond motifs is 5. The summed E-state index contributed by atoms with van der Waals surface area (Å²) < 4.78 is 37.8. The lowest BCUT2D eigenvalue weighted by atomic mass is 9.96. The highest BCUT2D eigenvalue weighted by molar-refractivity contribution is 5.97. The fourth-order valence-corrected chi connectivity index (χ4v) is 7.70. The second-order valence-corrected chi connectivity index (χ2v) is 12.7. The zero-order valence-corrected chi connectivity index (χ0v) is 26.1. The number of nitrogens with one attached hydrogen (secondary N) is 1. The number of hydrogen-bond acceptors (Lipinski definition) is 7. The number of likely N-dealkylation sites (tertiary alicyclic amines) is 1. The molecule has 5 heterocycles. The van der Waals surface area contributed by atoms with Crippen molar-refractivity contribution in [3.8, 4) is 22.3 Å². The van der Waals surface area contributed by atoms with Crippen LogP contribution in [-0.4, -0.2) is 60.0 Å². The molecule has 2 fully saturated rings. The number of halogens is 2. The monoisotopic (exact) mass is 633 g/mol. The molecule has 0 saturated carbocycles. The molecule has 10 heteroatoms. The van der Waals surface area contributed by atoms with Crippen LogP contribution in [0.2, 0.25) is 0 Å². The maximum atomic E-state index is 15.8. The van der Waals surface area contributed by atoms with Crippen LogP contribution in [0.5, 0.6) is 0 Å². The Morgan fingerprint density at radius 1 is 1.06 bits per heavy atom. The van der Waals surface area contributed by atoms with E-state index in [2.05, 4.69) is 22.2 Å². The third-order valence-electron chi connectivity index (χ3n) is 9.93. The molecule has 0 amide bonds. The number of esters is 1. The molecule has 3 aliphatic rings. The highest BCUT2D eigenvalue weighted by Gasteiger charge is 2.43. The summed E-state index contributed by atoms with van der Waals surface area (Å²) in [5.41, 5.74) is 5.78. The SMILES string of the molecule is CNc1cc(F)c(F)c2c1Cc1ncc(-c3ccc4ccc(C(=O)OCc5ccccc5)c(=O)n4c3)c(N3CC[C@H]4CN(C)C[C@H]43)c1-2. The van der Waals surface area contributed by atoms with E-state index in [1.54, 1.807) is 25.5 Å². The molecule has 2 saturated heterocycles. The van der Waals surface area contributed by atoms with Crippen LogP contribution in [-0.2, 0) is 17.8 Å². The molecule has 238 valence electrons. The minimum Gasteiger partial charge on any atom is -0.457 e. The maximum absolute atomic E-state index is 15.8. The predicted octanol–water partition coefficient (Wildman–Crippen LogP) is 5.75. The summed E-state index contributed by atoms with van der Waals surface area (Å²) in [6, 6.07) is 17.6. The van der Waals surface area contributed by atoms with Gasteiger partial charge in [0.05, 0.1) is 11.4 Å². The van der Waals surface area contributed by atoms with Crippen molar-refractivity contribution in [1.29, 1.82) is 0 Å². The molecule has 1 N–H and O–H groups in total. The van der Waals surface area contributed by atoms with Gasteiger partial charge < -0.3 is 19.9 Å². The van der Waals surface area contributed by atoms with E-state index >= 15 is 8.78 Å². The lowest BCUT2D eigenvalue weighted by molar-refractivity contribution is 0.0470. The van der Waals surface area contributed by atoms with E-state index in [-0.39, 0.29) is 23.8 Å². The summed E-state index contributed by atoms with van der Waals surface area (Å²) in [7, 11) is 3.81. The minimum absolute atomic E-state index is 0.0487. The van der Waals surface area contributed by atoms with Crippen molar-refractivity contribution in [3.05, 3.63) is 117 Å². The molecule has 0 radical (unpaired) electrons. The van der Waals surface area contributed by atoms with Gasteiger partial charge in [-0.2, -0.15) is 0 Å². The van der Waals surface area contributed by atoms with Crippen LogP contribution in [0, 0.1) is 17.6 Å². The first-order valence-electron chi connectivity index (χ1n) is 15.8. The number of ether oxygens (including phenoxy) is 1. The van der Waals surface area contributed by atoms with Gasteiger partial charge in [0.15, 0.2) is 11.6 Å². The average Bonchev–Trinajstić information content (AvgIpc) is 3.78. The van der Waals surface area contributed by atoms with Crippen LogP contribution in [0.3, 0.4) is 0 Å². The molecule has 2 atom stereocenters. The molecule has 2 aliphatic heterocycles. The number of carbonyl (C=O) groups is 1. The first kappa shape index (κ1) is 29.3. The number of benzene rings is 2. The molecular weight excluding hydrogens is 600 g/mol. The number of likely N-dealkylation sites (N-methyl/N-ethyl adjacent to an activating group) is 1. The van der Waals surface area contributed by atoms with E-state index in [9.17, 15) is 9.59 Å². The number of rotatable bonds is 6. The first-order chi connectivity index (χ1) is 22.8. The van der Waals surface area contributed by atoms with Crippen molar-refractivity contribution < 1.29 is 18.3 Å². The molecule has 1 aliphatic carbocycles. The van der Waals surface area contributed by atoms with Gasteiger partial charge in [-0.1, -0.05) is 36.4 Å². The fourth-order valence-electron chi connectivity index (χ4n) is 7.70. The molecule has 0 bridgehead atoms. The van der Waals surface area contributed by atoms with Gasteiger partial charge in [-0.3, -0.25) is 14.2 Å². The van der Waals surface area contributed by atoms with Crippen LogP contribution in [0.15, 0.2) is 77.9 Å². The largest absolute Gasteiger partial charge is 0.457 e. The molecule has 8 rings (SSSR count). The first-order valence-corrected chi connectivity index (χ1v) is 15.8. The zero-order valence-electron chi connectivity index (χ0n) is 26.1. The van der Waals surface area contributed by atoms with Crippen LogP contribution in [0.1, 0.15) is 33.6 Å². The van der Waals surface area contributed by atoms with Crippen LogP contribution in [0.25, 0.3) is 27.8 Å². The summed E-state index contributed by atoms with van der Waals surface area (Å²) >= 11 is 0. The number of aromatic nitrogens is 2. The number of anilines is 2. The Labute approximate surface area is 270 Å². The lowest BCUT2D eigenvalue weighted by Gasteiger charge is -2.31. The molecule has 5 aromatic rings.